The molecule has 2 unspecified atom stereocenters. The number of hydrogen-bond donors (Lipinski definition) is 3. The number of rotatable bonds is 14. The summed E-state index contributed by atoms with van der Waals surface area (Å²) in [5, 5.41) is 29.8. The summed E-state index contributed by atoms with van der Waals surface area (Å²) in [6.45, 7) is 5.87. The average molecular weight is 293 g/mol. The van der Waals surface area contributed by atoms with E-state index in [1.807, 2.05) is 0 Å². The third kappa shape index (κ3) is 12.8. The summed E-state index contributed by atoms with van der Waals surface area (Å²) in [5.74, 6) is 0. The minimum atomic E-state index is -0.759. The molecule has 0 spiro atoms. The number of hydrogen-bond acceptors (Lipinski definition) is 6. The molecule has 0 bridgehead atoms. The Morgan fingerprint density at radius 2 is 1.25 bits per heavy atom. The molecule has 6 heteroatoms. The van der Waals surface area contributed by atoms with Crippen molar-refractivity contribution in [2.75, 3.05) is 39.5 Å². The molecule has 0 rings (SSSR count). The quantitative estimate of drug-likeness (QED) is 0.328. The molecule has 0 aromatic rings. The van der Waals surface area contributed by atoms with Crippen LogP contribution in [-0.4, -0.2) is 72.2 Å². The summed E-state index contributed by atoms with van der Waals surface area (Å²) in [7, 11) is 0. The maximum atomic E-state index is 9.64. The Morgan fingerprint density at radius 3 is 1.60 bits per heavy atom. The maximum Gasteiger partial charge on any atom is 0.0923 e. The first-order chi connectivity index (χ1) is 9.60. The monoisotopic (exact) mass is 293 g/mol. The van der Waals surface area contributed by atoms with E-state index in [0.717, 1.165) is 30.7 Å². The van der Waals surface area contributed by atoms with Crippen molar-refractivity contribution in [2.45, 2.75) is 51.7 Å². The standard InChI is InChI=1S/C14H31NO5/c1-3-5-7-19-11-13(16)9-15(18)10-14(17)12-20-8-6-4-2/h13-14,16-18H,3-12H2,1-2H3. The summed E-state index contributed by atoms with van der Waals surface area (Å²) >= 11 is 0. The van der Waals surface area contributed by atoms with Gasteiger partial charge < -0.3 is 24.9 Å². The van der Waals surface area contributed by atoms with Gasteiger partial charge in [0.15, 0.2) is 0 Å². The molecular formula is C14H31NO5. The lowest BCUT2D eigenvalue weighted by atomic mass is 10.3. The van der Waals surface area contributed by atoms with E-state index in [0.29, 0.717) is 13.2 Å². The van der Waals surface area contributed by atoms with Gasteiger partial charge in [0.1, 0.15) is 0 Å². The Balaban J connectivity index is 3.56. The Bertz CT molecular complexity index is 186. The van der Waals surface area contributed by atoms with Crippen LogP contribution in [0.25, 0.3) is 0 Å². The fraction of sp³-hybridized carbons (Fsp3) is 1.00. The molecule has 0 amide bonds. The lowest BCUT2D eigenvalue weighted by molar-refractivity contribution is -0.144. The SMILES string of the molecule is CCCCOCC(O)CN(O)CC(O)COCCCC. The van der Waals surface area contributed by atoms with Crippen LogP contribution in [0.4, 0.5) is 0 Å². The first kappa shape index (κ1) is 19.8. The van der Waals surface area contributed by atoms with E-state index in [-0.39, 0.29) is 26.3 Å². The maximum absolute atomic E-state index is 9.64. The molecule has 0 saturated carbocycles. The smallest absolute Gasteiger partial charge is 0.0923 e. The molecule has 0 aromatic carbocycles. The second kappa shape index (κ2) is 13.7. The number of ether oxygens (including phenoxy) is 2. The van der Waals surface area contributed by atoms with Gasteiger partial charge in [0.25, 0.3) is 0 Å². The van der Waals surface area contributed by atoms with E-state index in [9.17, 15) is 15.4 Å². The number of hydroxylamine groups is 2. The van der Waals surface area contributed by atoms with Gasteiger partial charge in [0, 0.05) is 13.2 Å². The number of unbranched alkanes of at least 4 members (excludes halogenated alkanes) is 2. The van der Waals surface area contributed by atoms with Crippen molar-refractivity contribution < 1.29 is 24.9 Å². The highest BCUT2D eigenvalue weighted by atomic mass is 16.5. The van der Waals surface area contributed by atoms with Gasteiger partial charge in [-0.25, -0.2) is 0 Å². The molecule has 6 nitrogen and oxygen atoms in total. The van der Waals surface area contributed by atoms with E-state index >= 15 is 0 Å². The Labute approximate surface area is 122 Å². The van der Waals surface area contributed by atoms with Crippen LogP contribution in [0, 0.1) is 0 Å². The molecule has 0 aliphatic carbocycles. The highest BCUT2D eigenvalue weighted by Gasteiger charge is 2.14. The first-order valence-corrected chi connectivity index (χ1v) is 7.55. The molecule has 0 radical (unpaired) electrons. The van der Waals surface area contributed by atoms with Gasteiger partial charge in [-0.15, -0.1) is 0 Å². The molecule has 3 N–H and O–H groups in total. The summed E-state index contributed by atoms with van der Waals surface area (Å²) in [5.41, 5.74) is 0. The van der Waals surface area contributed by atoms with E-state index in [1.165, 1.54) is 0 Å². The fourth-order valence-electron chi connectivity index (χ4n) is 1.60. The predicted octanol–water partition coefficient (Wildman–Crippen LogP) is 1.03. The molecular weight excluding hydrogens is 262 g/mol. The number of nitrogens with zero attached hydrogens (tertiary/aromatic N) is 1. The Kier molecular flexibility index (Phi) is 13.6. The molecule has 0 aromatic heterocycles. The summed E-state index contributed by atoms with van der Waals surface area (Å²) < 4.78 is 10.5. The lowest BCUT2D eigenvalue weighted by Gasteiger charge is -2.21. The topological polar surface area (TPSA) is 82.4 Å². The van der Waals surface area contributed by atoms with Crippen molar-refractivity contribution in [3.05, 3.63) is 0 Å². The van der Waals surface area contributed by atoms with Crippen molar-refractivity contribution in [2.24, 2.45) is 0 Å². The normalized spacial score (nSPS) is 14.7. The van der Waals surface area contributed by atoms with Crippen molar-refractivity contribution in [3.8, 4) is 0 Å². The first-order valence-electron chi connectivity index (χ1n) is 7.55. The van der Waals surface area contributed by atoms with Crippen LogP contribution in [0.3, 0.4) is 0 Å². The highest BCUT2D eigenvalue weighted by Crippen LogP contribution is 1.97. The van der Waals surface area contributed by atoms with Gasteiger partial charge in [-0.05, 0) is 12.8 Å². The van der Waals surface area contributed by atoms with Gasteiger partial charge in [-0.3, -0.25) is 0 Å². The summed E-state index contributed by atoms with van der Waals surface area (Å²) in [6, 6.07) is 0. The second-order valence-corrected chi connectivity index (χ2v) is 5.04. The third-order valence-corrected chi connectivity index (χ3v) is 2.75. The second-order valence-electron chi connectivity index (χ2n) is 5.04. The van der Waals surface area contributed by atoms with Crippen molar-refractivity contribution >= 4 is 0 Å². The van der Waals surface area contributed by atoms with Crippen LogP contribution in [0.1, 0.15) is 39.5 Å². The van der Waals surface area contributed by atoms with Crippen LogP contribution in [0.5, 0.6) is 0 Å². The minimum absolute atomic E-state index is 0.0537. The molecule has 0 saturated heterocycles. The van der Waals surface area contributed by atoms with Crippen molar-refractivity contribution in [1.82, 2.24) is 5.06 Å². The molecule has 0 heterocycles. The Hall–Kier alpha value is -0.240. The van der Waals surface area contributed by atoms with E-state index in [4.69, 9.17) is 9.47 Å². The van der Waals surface area contributed by atoms with Gasteiger partial charge in [-0.1, -0.05) is 26.7 Å². The van der Waals surface area contributed by atoms with Crippen LogP contribution in [-0.2, 0) is 9.47 Å². The fourth-order valence-corrected chi connectivity index (χ4v) is 1.60. The average Bonchev–Trinajstić information content (AvgIpc) is 2.39. The van der Waals surface area contributed by atoms with Gasteiger partial charge in [0.05, 0.1) is 38.5 Å². The van der Waals surface area contributed by atoms with Gasteiger partial charge >= 0.3 is 0 Å². The van der Waals surface area contributed by atoms with Gasteiger partial charge in [0.2, 0.25) is 0 Å². The van der Waals surface area contributed by atoms with E-state index in [2.05, 4.69) is 13.8 Å². The van der Waals surface area contributed by atoms with E-state index in [1.54, 1.807) is 0 Å². The van der Waals surface area contributed by atoms with E-state index < -0.39 is 12.2 Å². The zero-order chi connectivity index (χ0) is 15.2. The zero-order valence-electron chi connectivity index (χ0n) is 12.8. The van der Waals surface area contributed by atoms with Crippen LogP contribution in [0.2, 0.25) is 0 Å². The zero-order valence-corrected chi connectivity index (χ0v) is 12.8. The molecule has 0 aliphatic heterocycles. The molecule has 20 heavy (non-hydrogen) atoms. The lowest BCUT2D eigenvalue weighted by Crippen LogP contribution is -2.38. The molecule has 122 valence electrons. The molecule has 0 fully saturated rings. The predicted molar refractivity (Wildman–Crippen MR) is 76.8 cm³/mol. The van der Waals surface area contributed by atoms with Crippen LogP contribution in [0.15, 0.2) is 0 Å². The Morgan fingerprint density at radius 1 is 0.850 bits per heavy atom. The largest absolute Gasteiger partial charge is 0.389 e. The van der Waals surface area contributed by atoms with Crippen molar-refractivity contribution in [3.63, 3.8) is 0 Å². The molecule has 0 aliphatic rings. The third-order valence-electron chi connectivity index (χ3n) is 2.75. The summed E-state index contributed by atoms with van der Waals surface area (Å²) in [6.07, 6.45) is 2.50. The van der Waals surface area contributed by atoms with Crippen molar-refractivity contribution in [1.29, 1.82) is 0 Å². The van der Waals surface area contributed by atoms with Crippen LogP contribution < -0.4 is 0 Å². The highest BCUT2D eigenvalue weighted by molar-refractivity contribution is 4.62. The van der Waals surface area contributed by atoms with Crippen LogP contribution >= 0.6 is 0 Å². The number of aliphatic hydroxyl groups excluding tert-OH is 2. The summed E-state index contributed by atoms with van der Waals surface area (Å²) in [4.78, 5) is 0. The number of aliphatic hydroxyl groups is 2. The molecule has 2 atom stereocenters. The van der Waals surface area contributed by atoms with Gasteiger partial charge in [-0.2, -0.15) is 5.06 Å². The minimum Gasteiger partial charge on any atom is -0.389 e.